The maximum absolute atomic E-state index is 12.1. The Bertz CT molecular complexity index is 594. The molecule has 1 saturated heterocycles. The minimum absolute atomic E-state index is 0.250. The number of unbranched alkanes of at least 4 members (excludes halogenated alkanes) is 1. The summed E-state index contributed by atoms with van der Waals surface area (Å²) in [6.07, 6.45) is -1.37. The van der Waals surface area contributed by atoms with Gasteiger partial charge in [-0.2, -0.15) is 0 Å². The Hall–Kier alpha value is -1.96. The number of likely N-dealkylation sites (tertiary alicyclic amines) is 1. The van der Waals surface area contributed by atoms with E-state index >= 15 is 0 Å². The van der Waals surface area contributed by atoms with Crippen molar-refractivity contribution in [2.75, 3.05) is 31.5 Å². The van der Waals surface area contributed by atoms with Crippen LogP contribution in [0.2, 0.25) is 0 Å². The Labute approximate surface area is 158 Å². The molecule has 27 heavy (non-hydrogen) atoms. The Balaban J connectivity index is 1.67. The second-order valence-corrected chi connectivity index (χ2v) is 7.38. The fourth-order valence-corrected chi connectivity index (χ4v) is 3.55. The van der Waals surface area contributed by atoms with E-state index in [0.717, 1.165) is 31.2 Å². The first-order chi connectivity index (χ1) is 12.7. The van der Waals surface area contributed by atoms with Gasteiger partial charge >= 0.3 is 6.36 Å². The van der Waals surface area contributed by atoms with Crippen molar-refractivity contribution in [2.45, 2.75) is 39.5 Å². The van der Waals surface area contributed by atoms with Crippen LogP contribution in [0.5, 0.6) is 5.75 Å². The van der Waals surface area contributed by atoms with Crippen LogP contribution in [0.3, 0.4) is 0 Å². The van der Waals surface area contributed by atoms with E-state index in [0.29, 0.717) is 12.2 Å². The second-order valence-electron chi connectivity index (χ2n) is 7.38. The molecule has 0 radical (unpaired) electrons. The summed E-state index contributed by atoms with van der Waals surface area (Å²) in [5.41, 5.74) is 6.38. The fourth-order valence-electron chi connectivity index (χ4n) is 3.55. The van der Waals surface area contributed by atoms with Crippen molar-refractivity contribution in [3.05, 3.63) is 24.3 Å². The van der Waals surface area contributed by atoms with Gasteiger partial charge in [0.2, 0.25) is 0 Å². The Kier molecular flexibility index (Phi) is 7.77. The molecular weight excluding hydrogens is 357 g/mol. The number of halogens is 3. The third-order valence-corrected chi connectivity index (χ3v) is 4.47. The van der Waals surface area contributed by atoms with Gasteiger partial charge in [0, 0.05) is 25.3 Å². The van der Waals surface area contributed by atoms with Crippen molar-refractivity contribution >= 4 is 11.6 Å². The van der Waals surface area contributed by atoms with Crippen molar-refractivity contribution in [2.24, 2.45) is 22.6 Å². The number of nitrogens with one attached hydrogen (secondary N) is 1. The third-order valence-electron chi connectivity index (χ3n) is 4.47. The summed E-state index contributed by atoms with van der Waals surface area (Å²) in [6.45, 7) is 8.66. The standard InChI is InChI=1S/C19H29F3N4O/c1-14-11-15(2)13-26(12-14)10-4-3-9-24-18(23)25-16-5-7-17(8-6-16)27-19(20,21)22/h5-8,14-15H,3-4,9-13H2,1-2H3,(H3,23,24,25). The number of benzene rings is 1. The van der Waals surface area contributed by atoms with E-state index in [1.807, 2.05) is 0 Å². The topological polar surface area (TPSA) is 62.9 Å². The van der Waals surface area contributed by atoms with Crippen LogP contribution in [-0.4, -0.2) is 43.4 Å². The molecule has 1 aliphatic heterocycles. The van der Waals surface area contributed by atoms with Crippen molar-refractivity contribution in [1.29, 1.82) is 0 Å². The number of ether oxygens (including phenoxy) is 1. The van der Waals surface area contributed by atoms with Gasteiger partial charge < -0.3 is 20.7 Å². The first-order valence-corrected chi connectivity index (χ1v) is 9.36. The predicted molar refractivity (Wildman–Crippen MR) is 102 cm³/mol. The quantitative estimate of drug-likeness (QED) is 0.421. The zero-order chi connectivity index (χ0) is 19.9. The van der Waals surface area contributed by atoms with E-state index in [-0.39, 0.29) is 11.7 Å². The van der Waals surface area contributed by atoms with Crippen LogP contribution in [0.1, 0.15) is 33.1 Å². The molecule has 152 valence electrons. The minimum atomic E-state index is -4.69. The molecule has 1 heterocycles. The lowest BCUT2D eigenvalue weighted by molar-refractivity contribution is -0.274. The predicted octanol–water partition coefficient (Wildman–Crippen LogP) is 4.07. The molecule has 3 N–H and O–H groups in total. The molecule has 0 saturated carbocycles. The van der Waals surface area contributed by atoms with Gasteiger partial charge in [0.15, 0.2) is 5.96 Å². The molecule has 0 aromatic heterocycles. The molecular formula is C19H29F3N4O. The number of rotatable bonds is 7. The number of hydrogen-bond acceptors (Lipinski definition) is 3. The molecule has 0 spiro atoms. The van der Waals surface area contributed by atoms with Crippen molar-refractivity contribution < 1.29 is 17.9 Å². The summed E-state index contributed by atoms with van der Waals surface area (Å²) in [5, 5.41) is 2.86. The number of anilines is 1. The molecule has 0 bridgehead atoms. The van der Waals surface area contributed by atoms with Crippen molar-refractivity contribution in [3.8, 4) is 5.75 Å². The van der Waals surface area contributed by atoms with Crippen LogP contribution in [0.25, 0.3) is 0 Å². The van der Waals surface area contributed by atoms with E-state index < -0.39 is 6.36 Å². The van der Waals surface area contributed by atoms with E-state index in [9.17, 15) is 13.2 Å². The second kappa shape index (κ2) is 9.82. The van der Waals surface area contributed by atoms with Crippen molar-refractivity contribution in [1.82, 2.24) is 4.90 Å². The zero-order valence-corrected chi connectivity index (χ0v) is 15.9. The Morgan fingerprint density at radius 3 is 2.41 bits per heavy atom. The first-order valence-electron chi connectivity index (χ1n) is 9.36. The minimum Gasteiger partial charge on any atom is -0.406 e. The average molecular weight is 386 g/mol. The number of piperidine rings is 1. The Morgan fingerprint density at radius 2 is 1.81 bits per heavy atom. The average Bonchev–Trinajstić information content (AvgIpc) is 2.54. The number of nitrogens with two attached hydrogens (primary N) is 1. The summed E-state index contributed by atoms with van der Waals surface area (Å²) in [6, 6.07) is 5.37. The van der Waals surface area contributed by atoms with E-state index in [1.165, 1.54) is 43.8 Å². The molecule has 5 nitrogen and oxygen atoms in total. The van der Waals surface area contributed by atoms with Crippen LogP contribution in [0.4, 0.5) is 18.9 Å². The van der Waals surface area contributed by atoms with Crippen LogP contribution >= 0.6 is 0 Å². The molecule has 8 heteroatoms. The molecule has 0 amide bonds. The smallest absolute Gasteiger partial charge is 0.406 e. The number of hydrogen-bond donors (Lipinski definition) is 2. The van der Waals surface area contributed by atoms with Gasteiger partial charge in [0.25, 0.3) is 0 Å². The highest BCUT2D eigenvalue weighted by Gasteiger charge is 2.30. The van der Waals surface area contributed by atoms with Gasteiger partial charge in [-0.1, -0.05) is 13.8 Å². The normalized spacial score (nSPS) is 21.9. The lowest BCUT2D eigenvalue weighted by Crippen LogP contribution is -2.39. The molecule has 1 fully saturated rings. The van der Waals surface area contributed by atoms with Gasteiger partial charge in [-0.25, -0.2) is 0 Å². The SMILES string of the molecule is CC1CC(C)CN(CCCCN=C(N)Nc2ccc(OC(F)(F)F)cc2)C1. The molecule has 0 aliphatic carbocycles. The van der Waals surface area contributed by atoms with Gasteiger partial charge in [0.05, 0.1) is 0 Å². The zero-order valence-electron chi connectivity index (χ0n) is 15.9. The largest absolute Gasteiger partial charge is 0.573 e. The lowest BCUT2D eigenvalue weighted by Gasteiger charge is -2.34. The van der Waals surface area contributed by atoms with Crippen LogP contribution in [0.15, 0.2) is 29.3 Å². The summed E-state index contributed by atoms with van der Waals surface area (Å²) < 4.78 is 40.2. The highest BCUT2D eigenvalue weighted by molar-refractivity contribution is 5.92. The lowest BCUT2D eigenvalue weighted by atomic mass is 9.92. The number of alkyl halides is 3. The Morgan fingerprint density at radius 1 is 1.19 bits per heavy atom. The van der Waals surface area contributed by atoms with Gasteiger partial charge in [-0.05, 0) is 61.9 Å². The molecule has 1 aliphatic rings. The van der Waals surface area contributed by atoms with Gasteiger partial charge in [-0.15, -0.1) is 13.2 Å². The van der Waals surface area contributed by atoms with Gasteiger partial charge in [0.1, 0.15) is 5.75 Å². The first kappa shape index (κ1) is 21.3. The maximum Gasteiger partial charge on any atom is 0.573 e. The van der Waals surface area contributed by atoms with Crippen LogP contribution < -0.4 is 15.8 Å². The summed E-state index contributed by atoms with van der Waals surface area (Å²) in [5.74, 6) is 1.50. The number of nitrogens with zero attached hydrogens (tertiary/aromatic N) is 2. The van der Waals surface area contributed by atoms with Crippen LogP contribution in [0, 0.1) is 11.8 Å². The number of aliphatic imine (C=N–C) groups is 1. The third kappa shape index (κ3) is 8.51. The molecule has 2 rings (SSSR count). The van der Waals surface area contributed by atoms with Crippen LogP contribution in [-0.2, 0) is 0 Å². The van der Waals surface area contributed by atoms with E-state index in [1.54, 1.807) is 0 Å². The van der Waals surface area contributed by atoms with Crippen molar-refractivity contribution in [3.63, 3.8) is 0 Å². The molecule has 2 unspecified atom stereocenters. The number of guanidine groups is 1. The summed E-state index contributed by atoms with van der Waals surface area (Å²) >= 11 is 0. The monoisotopic (exact) mass is 386 g/mol. The molecule has 1 aromatic carbocycles. The summed E-state index contributed by atoms with van der Waals surface area (Å²) in [7, 11) is 0. The highest BCUT2D eigenvalue weighted by Crippen LogP contribution is 2.24. The van der Waals surface area contributed by atoms with Gasteiger partial charge in [-0.3, -0.25) is 4.99 Å². The molecule has 1 aromatic rings. The maximum atomic E-state index is 12.1. The van der Waals surface area contributed by atoms with E-state index in [4.69, 9.17) is 5.73 Å². The van der Waals surface area contributed by atoms with E-state index in [2.05, 4.69) is 33.8 Å². The molecule has 2 atom stereocenters. The fraction of sp³-hybridized carbons (Fsp3) is 0.632. The highest BCUT2D eigenvalue weighted by atomic mass is 19.4. The summed E-state index contributed by atoms with van der Waals surface area (Å²) in [4.78, 5) is 6.79.